The van der Waals surface area contributed by atoms with Crippen LogP contribution >= 0.6 is 0 Å². The summed E-state index contributed by atoms with van der Waals surface area (Å²) in [5.41, 5.74) is 3.68. The summed E-state index contributed by atoms with van der Waals surface area (Å²) < 4.78 is 1.71. The molecule has 0 aliphatic carbocycles. The number of anilines is 1. The first-order chi connectivity index (χ1) is 11.2. The molecule has 1 atom stereocenters. The molecule has 4 rings (SSSR count). The van der Waals surface area contributed by atoms with E-state index in [0.29, 0.717) is 6.42 Å². The molecule has 6 nitrogen and oxygen atoms in total. The fourth-order valence-corrected chi connectivity index (χ4v) is 3.06. The monoisotopic (exact) mass is 305 g/mol. The van der Waals surface area contributed by atoms with Crippen LogP contribution < -0.4 is 5.32 Å². The molecule has 1 N–H and O–H groups in total. The van der Waals surface area contributed by atoms with Crippen molar-refractivity contribution in [1.82, 2.24) is 19.7 Å². The largest absolute Gasteiger partial charge is 0.311 e. The number of pyridine rings is 2. The Balaban J connectivity index is 1.93. The summed E-state index contributed by atoms with van der Waals surface area (Å²) in [4.78, 5) is 20.6. The van der Waals surface area contributed by atoms with Gasteiger partial charge in [0.2, 0.25) is 5.91 Å². The van der Waals surface area contributed by atoms with Crippen molar-refractivity contribution in [3.8, 4) is 11.4 Å². The van der Waals surface area contributed by atoms with E-state index in [1.165, 1.54) is 0 Å². The second kappa shape index (κ2) is 5.31. The lowest BCUT2D eigenvalue weighted by molar-refractivity contribution is -0.116. The van der Waals surface area contributed by atoms with Gasteiger partial charge in [-0.2, -0.15) is 5.10 Å². The Morgan fingerprint density at radius 2 is 2.00 bits per heavy atom. The molecular formula is C17H15N5O. The number of fused-ring (bicyclic) bond motifs is 1. The van der Waals surface area contributed by atoms with Gasteiger partial charge in [-0.3, -0.25) is 19.4 Å². The minimum Gasteiger partial charge on any atom is -0.311 e. The van der Waals surface area contributed by atoms with Crippen LogP contribution in [0.15, 0.2) is 48.9 Å². The van der Waals surface area contributed by atoms with E-state index in [-0.39, 0.29) is 11.8 Å². The second-order valence-corrected chi connectivity index (χ2v) is 5.53. The van der Waals surface area contributed by atoms with Gasteiger partial charge in [0.15, 0.2) is 0 Å². The molecule has 1 aliphatic rings. The predicted octanol–water partition coefficient (Wildman–Crippen LogP) is 2.35. The van der Waals surface area contributed by atoms with Gasteiger partial charge in [-0.1, -0.05) is 6.07 Å². The van der Waals surface area contributed by atoms with Crippen molar-refractivity contribution in [2.45, 2.75) is 12.3 Å². The van der Waals surface area contributed by atoms with Gasteiger partial charge >= 0.3 is 0 Å². The summed E-state index contributed by atoms with van der Waals surface area (Å²) in [6.45, 7) is 0. The molecule has 3 aromatic rings. The summed E-state index contributed by atoms with van der Waals surface area (Å²) in [6.07, 6.45) is 5.64. The van der Waals surface area contributed by atoms with Crippen LogP contribution in [0.25, 0.3) is 11.4 Å². The molecule has 0 aromatic carbocycles. The van der Waals surface area contributed by atoms with Crippen LogP contribution in [0.4, 0.5) is 5.82 Å². The van der Waals surface area contributed by atoms with E-state index in [1.54, 1.807) is 23.3 Å². The Bertz CT molecular complexity index is 857. The fourth-order valence-electron chi connectivity index (χ4n) is 3.06. The van der Waals surface area contributed by atoms with Crippen LogP contribution in [-0.4, -0.2) is 25.7 Å². The zero-order valence-electron chi connectivity index (χ0n) is 12.6. The molecule has 6 heteroatoms. The molecule has 4 heterocycles. The van der Waals surface area contributed by atoms with Gasteiger partial charge in [-0.05, 0) is 29.8 Å². The van der Waals surface area contributed by atoms with Gasteiger partial charge in [-0.25, -0.2) is 0 Å². The lowest BCUT2D eigenvalue weighted by Gasteiger charge is -2.24. The minimum absolute atomic E-state index is 0.00474. The van der Waals surface area contributed by atoms with Crippen LogP contribution in [0.1, 0.15) is 23.5 Å². The Morgan fingerprint density at radius 3 is 2.74 bits per heavy atom. The summed E-state index contributed by atoms with van der Waals surface area (Å²) >= 11 is 0. The minimum atomic E-state index is -0.0487. The van der Waals surface area contributed by atoms with Crippen molar-refractivity contribution in [2.75, 3.05) is 5.32 Å². The van der Waals surface area contributed by atoms with Crippen LogP contribution in [0, 0.1) is 0 Å². The maximum Gasteiger partial charge on any atom is 0.226 e. The van der Waals surface area contributed by atoms with Crippen molar-refractivity contribution >= 4 is 11.7 Å². The third-order valence-corrected chi connectivity index (χ3v) is 4.10. The van der Waals surface area contributed by atoms with E-state index in [0.717, 1.165) is 28.3 Å². The van der Waals surface area contributed by atoms with Crippen molar-refractivity contribution < 1.29 is 4.79 Å². The Labute approximate surface area is 133 Å². The Morgan fingerprint density at radius 1 is 1.17 bits per heavy atom. The first-order valence-corrected chi connectivity index (χ1v) is 7.42. The molecule has 23 heavy (non-hydrogen) atoms. The summed E-state index contributed by atoms with van der Waals surface area (Å²) in [7, 11) is 1.83. The summed E-state index contributed by atoms with van der Waals surface area (Å²) in [6, 6.07) is 9.64. The maximum atomic E-state index is 12.1. The first kappa shape index (κ1) is 13.6. The highest BCUT2D eigenvalue weighted by atomic mass is 16.1. The van der Waals surface area contributed by atoms with E-state index >= 15 is 0 Å². The molecule has 0 saturated carbocycles. The molecule has 0 bridgehead atoms. The number of carbonyl (C=O) groups excluding carboxylic acids is 1. The molecule has 114 valence electrons. The first-order valence-electron chi connectivity index (χ1n) is 7.42. The molecule has 0 fully saturated rings. The number of rotatable bonds is 2. The number of aryl methyl sites for hydroxylation is 1. The van der Waals surface area contributed by atoms with Gasteiger partial charge in [0.25, 0.3) is 0 Å². The molecule has 3 aromatic heterocycles. The number of carbonyl (C=O) groups is 1. The highest BCUT2D eigenvalue weighted by molar-refractivity contribution is 5.96. The van der Waals surface area contributed by atoms with Gasteiger partial charge < -0.3 is 5.32 Å². The topological polar surface area (TPSA) is 72.7 Å². The smallest absolute Gasteiger partial charge is 0.226 e. The van der Waals surface area contributed by atoms with E-state index in [4.69, 9.17) is 0 Å². The van der Waals surface area contributed by atoms with Gasteiger partial charge in [-0.15, -0.1) is 0 Å². The Kier molecular flexibility index (Phi) is 3.15. The normalized spacial score (nSPS) is 16.7. The van der Waals surface area contributed by atoms with Gasteiger partial charge in [0.1, 0.15) is 11.5 Å². The van der Waals surface area contributed by atoms with Crippen molar-refractivity contribution in [3.63, 3.8) is 0 Å². The van der Waals surface area contributed by atoms with Gasteiger partial charge in [0, 0.05) is 43.5 Å². The number of hydrogen-bond donors (Lipinski definition) is 1. The van der Waals surface area contributed by atoms with Crippen LogP contribution in [-0.2, 0) is 11.8 Å². The quantitative estimate of drug-likeness (QED) is 0.789. The van der Waals surface area contributed by atoms with Gasteiger partial charge in [0.05, 0.1) is 5.69 Å². The molecule has 0 saturated heterocycles. The number of nitrogens with one attached hydrogen (secondary N) is 1. The lowest BCUT2D eigenvalue weighted by Crippen LogP contribution is -2.24. The highest BCUT2D eigenvalue weighted by Crippen LogP contribution is 2.41. The number of nitrogens with zero attached hydrogens (tertiary/aromatic N) is 4. The summed E-state index contributed by atoms with van der Waals surface area (Å²) in [5, 5.41) is 7.53. The second-order valence-electron chi connectivity index (χ2n) is 5.53. The van der Waals surface area contributed by atoms with Crippen LogP contribution in [0.5, 0.6) is 0 Å². The molecule has 1 unspecified atom stereocenters. The summed E-state index contributed by atoms with van der Waals surface area (Å²) in [5.74, 6) is 0.686. The fraction of sp³-hybridized carbons (Fsp3) is 0.176. The number of hydrogen-bond acceptors (Lipinski definition) is 4. The molecule has 1 amide bonds. The van der Waals surface area contributed by atoms with E-state index in [2.05, 4.69) is 20.4 Å². The van der Waals surface area contributed by atoms with Crippen molar-refractivity contribution in [1.29, 1.82) is 0 Å². The molecule has 1 aliphatic heterocycles. The number of amides is 1. The van der Waals surface area contributed by atoms with Crippen molar-refractivity contribution in [3.05, 3.63) is 60.0 Å². The van der Waals surface area contributed by atoms with Crippen LogP contribution in [0.3, 0.4) is 0 Å². The standard InChI is InChI=1S/C17H15N5O/c1-22-17-15(16(21-22)13-4-2-3-7-19-13)12(10-14(23)20-17)11-5-8-18-9-6-11/h2-9,12H,10H2,1H3,(H,20,23). The zero-order chi connectivity index (χ0) is 15.8. The zero-order valence-corrected chi connectivity index (χ0v) is 12.6. The highest BCUT2D eigenvalue weighted by Gasteiger charge is 2.33. The van der Waals surface area contributed by atoms with E-state index in [1.807, 2.05) is 37.4 Å². The van der Waals surface area contributed by atoms with E-state index in [9.17, 15) is 4.79 Å². The molecule has 0 spiro atoms. The average molecular weight is 305 g/mol. The maximum absolute atomic E-state index is 12.1. The molecule has 0 radical (unpaired) electrons. The van der Waals surface area contributed by atoms with Crippen molar-refractivity contribution in [2.24, 2.45) is 7.05 Å². The Hall–Kier alpha value is -3.02. The SMILES string of the molecule is Cn1nc(-c2ccccn2)c2c1NC(=O)CC2c1ccncc1. The average Bonchev–Trinajstić information content (AvgIpc) is 2.93. The predicted molar refractivity (Wildman–Crippen MR) is 85.8 cm³/mol. The van der Waals surface area contributed by atoms with E-state index < -0.39 is 0 Å². The molecular weight excluding hydrogens is 290 g/mol. The number of aromatic nitrogens is 4. The third-order valence-electron chi connectivity index (χ3n) is 4.10. The third kappa shape index (κ3) is 2.28. The lowest BCUT2D eigenvalue weighted by atomic mass is 9.85. The van der Waals surface area contributed by atoms with Crippen LogP contribution in [0.2, 0.25) is 0 Å².